The van der Waals surface area contributed by atoms with Crippen molar-refractivity contribution in [3.63, 3.8) is 0 Å². The third-order valence-electron chi connectivity index (χ3n) is 4.10. The molecule has 0 spiro atoms. The van der Waals surface area contributed by atoms with Crippen LogP contribution in [0.2, 0.25) is 0 Å². The monoisotopic (exact) mass is 269 g/mol. The highest BCUT2D eigenvalue weighted by Crippen LogP contribution is 2.34. The van der Waals surface area contributed by atoms with Gasteiger partial charge in [-0.3, -0.25) is 4.90 Å². The van der Waals surface area contributed by atoms with Crippen molar-refractivity contribution in [3.8, 4) is 11.8 Å². The molecule has 2 aliphatic carbocycles. The van der Waals surface area contributed by atoms with E-state index in [2.05, 4.69) is 41.0 Å². The first-order valence-corrected chi connectivity index (χ1v) is 7.74. The zero-order chi connectivity index (χ0) is 13.8. The first-order valence-electron chi connectivity index (χ1n) is 7.74. The summed E-state index contributed by atoms with van der Waals surface area (Å²) >= 11 is 0. The van der Waals surface area contributed by atoms with Gasteiger partial charge in [-0.05, 0) is 55.2 Å². The molecule has 106 valence electrons. The summed E-state index contributed by atoms with van der Waals surface area (Å²) in [6.45, 7) is 3.56. The number of aliphatic hydroxyl groups is 1. The number of hydrogen-bond acceptors (Lipinski definition) is 2. The fourth-order valence-corrected chi connectivity index (χ4v) is 2.63. The molecular formula is C18H23NO. The number of nitrogens with zero attached hydrogens (tertiary/aromatic N) is 1. The molecule has 1 N–H and O–H groups in total. The normalized spacial score (nSPS) is 17.9. The number of aliphatic hydroxyl groups excluding tert-OH is 1. The lowest BCUT2D eigenvalue weighted by Crippen LogP contribution is -2.27. The molecule has 0 bridgehead atoms. The van der Waals surface area contributed by atoms with E-state index >= 15 is 0 Å². The highest BCUT2D eigenvalue weighted by molar-refractivity contribution is 5.36. The van der Waals surface area contributed by atoms with Crippen molar-refractivity contribution >= 4 is 0 Å². The van der Waals surface area contributed by atoms with Crippen LogP contribution in [0.4, 0.5) is 0 Å². The molecule has 2 saturated carbocycles. The smallest absolute Gasteiger partial charge is 0.104 e. The van der Waals surface area contributed by atoms with E-state index in [1.54, 1.807) is 0 Å². The Balaban J connectivity index is 1.58. The van der Waals surface area contributed by atoms with Gasteiger partial charge in [-0.2, -0.15) is 0 Å². The molecule has 0 heterocycles. The van der Waals surface area contributed by atoms with Crippen molar-refractivity contribution in [2.45, 2.75) is 32.2 Å². The SMILES string of the molecule is OCC#Cc1ccc(CN(CC2CC2)CC2CC2)cc1. The minimum absolute atomic E-state index is 0.0711. The molecule has 2 fully saturated rings. The first-order chi connectivity index (χ1) is 9.83. The molecule has 0 atom stereocenters. The van der Waals surface area contributed by atoms with Crippen LogP contribution < -0.4 is 0 Å². The van der Waals surface area contributed by atoms with Gasteiger partial charge < -0.3 is 5.11 Å². The number of rotatable bonds is 6. The maximum Gasteiger partial charge on any atom is 0.104 e. The van der Waals surface area contributed by atoms with E-state index in [9.17, 15) is 0 Å². The molecule has 1 aromatic rings. The maximum absolute atomic E-state index is 8.70. The van der Waals surface area contributed by atoms with Gasteiger partial charge in [0.25, 0.3) is 0 Å². The second-order valence-electron chi connectivity index (χ2n) is 6.24. The lowest BCUT2D eigenvalue weighted by molar-refractivity contribution is 0.244. The maximum atomic E-state index is 8.70. The van der Waals surface area contributed by atoms with Crippen LogP contribution in [-0.4, -0.2) is 29.7 Å². The van der Waals surface area contributed by atoms with Crippen LogP contribution in [0.3, 0.4) is 0 Å². The van der Waals surface area contributed by atoms with Gasteiger partial charge in [0.2, 0.25) is 0 Å². The van der Waals surface area contributed by atoms with E-state index in [0.29, 0.717) is 0 Å². The van der Waals surface area contributed by atoms with E-state index in [-0.39, 0.29) is 6.61 Å². The standard InChI is InChI=1S/C18H23NO/c20-11-1-2-15-3-5-16(6-4-15)12-19(13-17-7-8-17)14-18-9-10-18/h3-6,17-18,20H,7-14H2. The largest absolute Gasteiger partial charge is 0.384 e. The molecular weight excluding hydrogens is 246 g/mol. The van der Waals surface area contributed by atoms with Crippen LogP contribution in [0.1, 0.15) is 36.8 Å². The van der Waals surface area contributed by atoms with E-state index in [0.717, 1.165) is 23.9 Å². The Labute approximate surface area is 121 Å². The molecule has 20 heavy (non-hydrogen) atoms. The Kier molecular flexibility index (Phi) is 4.40. The molecule has 2 aliphatic rings. The topological polar surface area (TPSA) is 23.5 Å². The highest BCUT2D eigenvalue weighted by Gasteiger charge is 2.28. The summed E-state index contributed by atoms with van der Waals surface area (Å²) in [5.41, 5.74) is 2.36. The second kappa shape index (κ2) is 6.43. The summed E-state index contributed by atoms with van der Waals surface area (Å²) in [7, 11) is 0. The molecule has 0 unspecified atom stereocenters. The lowest BCUT2D eigenvalue weighted by Gasteiger charge is -2.22. The van der Waals surface area contributed by atoms with E-state index in [4.69, 9.17) is 5.11 Å². The van der Waals surface area contributed by atoms with E-state index in [1.807, 2.05) is 0 Å². The minimum Gasteiger partial charge on any atom is -0.384 e. The Morgan fingerprint density at radius 2 is 1.60 bits per heavy atom. The van der Waals surface area contributed by atoms with E-state index < -0.39 is 0 Å². The fourth-order valence-electron chi connectivity index (χ4n) is 2.63. The highest BCUT2D eigenvalue weighted by atomic mass is 16.2. The summed E-state index contributed by atoms with van der Waals surface area (Å²) in [6.07, 6.45) is 5.71. The van der Waals surface area contributed by atoms with E-state index in [1.165, 1.54) is 44.3 Å². The van der Waals surface area contributed by atoms with Gasteiger partial charge in [0, 0.05) is 25.2 Å². The van der Waals surface area contributed by atoms with Crippen molar-refractivity contribution in [3.05, 3.63) is 35.4 Å². The van der Waals surface area contributed by atoms with Gasteiger partial charge in [-0.25, -0.2) is 0 Å². The summed E-state index contributed by atoms with van der Waals surface area (Å²) in [6, 6.07) is 8.47. The molecule has 0 amide bonds. The molecule has 0 aliphatic heterocycles. The number of hydrogen-bond donors (Lipinski definition) is 1. The Bertz CT molecular complexity index is 474. The molecule has 0 saturated heterocycles. The predicted octanol–water partition coefficient (Wildman–Crippen LogP) is 2.65. The summed E-state index contributed by atoms with van der Waals surface area (Å²) in [5, 5.41) is 8.70. The van der Waals surface area contributed by atoms with Crippen LogP contribution in [0.15, 0.2) is 24.3 Å². The average molecular weight is 269 g/mol. The van der Waals surface area contributed by atoms with Gasteiger partial charge in [-0.1, -0.05) is 24.0 Å². The van der Waals surface area contributed by atoms with Crippen molar-refractivity contribution in [2.24, 2.45) is 11.8 Å². The van der Waals surface area contributed by atoms with Crippen molar-refractivity contribution in [1.82, 2.24) is 4.90 Å². The van der Waals surface area contributed by atoms with Crippen LogP contribution >= 0.6 is 0 Å². The molecule has 3 rings (SSSR count). The van der Waals surface area contributed by atoms with Crippen molar-refractivity contribution in [2.75, 3.05) is 19.7 Å². The van der Waals surface area contributed by atoms with Crippen LogP contribution in [0, 0.1) is 23.7 Å². The Morgan fingerprint density at radius 1 is 1.00 bits per heavy atom. The summed E-state index contributed by atoms with van der Waals surface area (Å²) in [4.78, 5) is 2.64. The van der Waals surface area contributed by atoms with Crippen LogP contribution in [0.5, 0.6) is 0 Å². The zero-order valence-electron chi connectivity index (χ0n) is 12.0. The third-order valence-corrected chi connectivity index (χ3v) is 4.10. The Hall–Kier alpha value is -1.30. The van der Waals surface area contributed by atoms with Gasteiger partial charge in [0.15, 0.2) is 0 Å². The molecule has 0 radical (unpaired) electrons. The molecule has 0 aromatic heterocycles. The minimum atomic E-state index is -0.0711. The van der Waals surface area contributed by atoms with Crippen molar-refractivity contribution in [1.29, 1.82) is 0 Å². The first kappa shape index (κ1) is 13.7. The zero-order valence-corrected chi connectivity index (χ0v) is 12.0. The predicted molar refractivity (Wildman–Crippen MR) is 81.1 cm³/mol. The van der Waals surface area contributed by atoms with Gasteiger partial charge in [-0.15, -0.1) is 0 Å². The number of benzene rings is 1. The summed E-state index contributed by atoms with van der Waals surface area (Å²) in [5.74, 6) is 7.56. The lowest BCUT2D eigenvalue weighted by atomic mass is 10.1. The average Bonchev–Trinajstić information content (AvgIpc) is 3.34. The van der Waals surface area contributed by atoms with Crippen molar-refractivity contribution < 1.29 is 5.11 Å². The molecule has 2 nitrogen and oxygen atoms in total. The molecule has 2 heteroatoms. The van der Waals surface area contributed by atoms with Gasteiger partial charge in [0.1, 0.15) is 6.61 Å². The van der Waals surface area contributed by atoms with Gasteiger partial charge >= 0.3 is 0 Å². The fraction of sp³-hybridized carbons (Fsp3) is 0.556. The Morgan fingerprint density at radius 3 is 2.10 bits per heavy atom. The quantitative estimate of drug-likeness (QED) is 0.803. The van der Waals surface area contributed by atoms with Crippen LogP contribution in [-0.2, 0) is 6.54 Å². The second-order valence-corrected chi connectivity index (χ2v) is 6.24. The van der Waals surface area contributed by atoms with Gasteiger partial charge in [0.05, 0.1) is 0 Å². The molecule has 1 aromatic carbocycles. The summed E-state index contributed by atoms with van der Waals surface area (Å²) < 4.78 is 0. The third kappa shape index (κ3) is 4.37. The van der Waals surface area contributed by atoms with Crippen LogP contribution in [0.25, 0.3) is 0 Å².